The molecule has 174 valence electrons. The second-order valence-electron chi connectivity index (χ2n) is 12.4. The van der Waals surface area contributed by atoms with Crippen LogP contribution in [-0.2, 0) is 0 Å². The van der Waals surface area contributed by atoms with E-state index < -0.39 is 5.60 Å². The normalized spacial score (nSPS) is 44.3. The molecule has 3 nitrogen and oxygen atoms in total. The first-order valence-corrected chi connectivity index (χ1v) is 13.3. The third-order valence-electron chi connectivity index (χ3n) is 10.5. The van der Waals surface area contributed by atoms with E-state index in [9.17, 15) is 10.4 Å². The van der Waals surface area contributed by atoms with Crippen LogP contribution in [0.2, 0.25) is 0 Å². The van der Waals surface area contributed by atoms with E-state index in [-0.39, 0.29) is 0 Å². The molecule has 0 radical (unpaired) electrons. The van der Waals surface area contributed by atoms with E-state index in [1.165, 1.54) is 51.4 Å². The van der Waals surface area contributed by atoms with Crippen LogP contribution >= 0.6 is 0 Å². The van der Waals surface area contributed by atoms with Crippen molar-refractivity contribution in [3.05, 3.63) is 29.8 Å². The fraction of sp³-hybridized carbons (Fsp3) is 0.759. The van der Waals surface area contributed by atoms with Crippen LogP contribution in [0.25, 0.3) is 0 Å². The molecule has 0 spiro atoms. The van der Waals surface area contributed by atoms with Gasteiger partial charge >= 0.3 is 0 Å². The van der Waals surface area contributed by atoms with Crippen LogP contribution in [0, 0.1) is 52.3 Å². The summed E-state index contributed by atoms with van der Waals surface area (Å²) in [6.45, 7) is 7.07. The summed E-state index contributed by atoms with van der Waals surface area (Å²) >= 11 is 0. The van der Waals surface area contributed by atoms with Crippen molar-refractivity contribution in [2.24, 2.45) is 40.9 Å². The van der Waals surface area contributed by atoms with E-state index in [4.69, 9.17) is 0 Å². The Morgan fingerprint density at radius 3 is 2.66 bits per heavy atom. The highest BCUT2D eigenvalue weighted by Crippen LogP contribution is 2.63. The minimum atomic E-state index is -0.420. The minimum Gasteiger partial charge on any atom is -0.390 e. The van der Waals surface area contributed by atoms with Crippen molar-refractivity contribution in [1.82, 2.24) is 0 Å². The van der Waals surface area contributed by atoms with E-state index in [1.54, 1.807) is 0 Å². The predicted octanol–water partition coefficient (Wildman–Crippen LogP) is 6.77. The third kappa shape index (κ3) is 3.87. The van der Waals surface area contributed by atoms with Gasteiger partial charge in [-0.3, -0.25) is 0 Å². The Morgan fingerprint density at radius 2 is 1.84 bits per heavy atom. The molecule has 0 heterocycles. The molecular weight excluding hydrogens is 392 g/mol. The second kappa shape index (κ2) is 8.35. The van der Waals surface area contributed by atoms with Gasteiger partial charge in [0, 0.05) is 11.7 Å². The molecule has 1 aromatic rings. The second-order valence-corrected chi connectivity index (χ2v) is 12.4. The molecule has 0 saturated heterocycles. The molecule has 1 aromatic carbocycles. The number of nitriles is 1. The van der Waals surface area contributed by atoms with Crippen molar-refractivity contribution in [3.63, 3.8) is 0 Å². The van der Waals surface area contributed by atoms with Gasteiger partial charge < -0.3 is 10.4 Å². The molecule has 2 N–H and O–H groups in total. The Morgan fingerprint density at radius 1 is 1.03 bits per heavy atom. The van der Waals surface area contributed by atoms with Gasteiger partial charge in [-0.05, 0) is 131 Å². The zero-order valence-electron chi connectivity index (χ0n) is 20.3. The molecular formula is C29H42N2O. The average Bonchev–Trinajstić information content (AvgIpc) is 2.77. The maximum absolute atomic E-state index is 10.7. The van der Waals surface area contributed by atoms with Crippen LogP contribution in [0.4, 0.5) is 5.69 Å². The van der Waals surface area contributed by atoms with Crippen LogP contribution in [0.5, 0.6) is 0 Å². The molecule has 5 rings (SSSR count). The molecule has 4 aliphatic carbocycles. The quantitative estimate of drug-likeness (QED) is 0.552. The molecule has 3 heteroatoms. The monoisotopic (exact) mass is 434 g/mol. The molecule has 0 bridgehead atoms. The van der Waals surface area contributed by atoms with Crippen molar-refractivity contribution < 1.29 is 5.11 Å². The fourth-order valence-corrected chi connectivity index (χ4v) is 9.18. The number of nitrogens with one attached hydrogen (secondary N) is 1. The average molecular weight is 435 g/mol. The molecule has 9 atom stereocenters. The van der Waals surface area contributed by atoms with Gasteiger partial charge in [-0.1, -0.05) is 19.4 Å². The molecule has 0 aromatic heterocycles. The Hall–Kier alpha value is -1.53. The lowest BCUT2D eigenvalue weighted by Gasteiger charge is -2.61. The first-order chi connectivity index (χ1) is 15.3. The Bertz CT molecular complexity index is 872. The van der Waals surface area contributed by atoms with E-state index in [0.717, 1.165) is 53.7 Å². The number of hydrogen-bond donors (Lipinski definition) is 2. The van der Waals surface area contributed by atoms with Crippen LogP contribution in [0.3, 0.4) is 0 Å². The topological polar surface area (TPSA) is 56.0 Å². The highest BCUT2D eigenvalue weighted by Gasteiger charge is 2.56. The maximum Gasteiger partial charge on any atom is 0.0992 e. The van der Waals surface area contributed by atoms with Crippen molar-refractivity contribution in [3.8, 4) is 6.07 Å². The summed E-state index contributed by atoms with van der Waals surface area (Å²) in [5, 5.41) is 23.7. The lowest BCUT2D eigenvalue weighted by molar-refractivity contribution is -0.128. The van der Waals surface area contributed by atoms with Gasteiger partial charge in [0.15, 0.2) is 0 Å². The largest absolute Gasteiger partial charge is 0.390 e. The number of anilines is 1. The predicted molar refractivity (Wildman–Crippen MR) is 130 cm³/mol. The molecule has 4 aliphatic rings. The van der Waals surface area contributed by atoms with Gasteiger partial charge in [0.2, 0.25) is 0 Å². The summed E-state index contributed by atoms with van der Waals surface area (Å²) in [4.78, 5) is 0. The van der Waals surface area contributed by atoms with E-state index in [0.29, 0.717) is 17.4 Å². The van der Waals surface area contributed by atoms with Gasteiger partial charge in [0.25, 0.3) is 0 Å². The summed E-state index contributed by atoms with van der Waals surface area (Å²) in [7, 11) is 0. The number of fused-ring (bicyclic) bond motifs is 5. The van der Waals surface area contributed by atoms with Gasteiger partial charge in [-0.2, -0.15) is 5.26 Å². The maximum atomic E-state index is 10.7. The number of benzene rings is 1. The van der Waals surface area contributed by atoms with Crippen molar-refractivity contribution in [2.75, 3.05) is 5.32 Å². The van der Waals surface area contributed by atoms with Crippen LogP contribution in [0.1, 0.15) is 90.5 Å². The van der Waals surface area contributed by atoms with Crippen molar-refractivity contribution in [1.29, 1.82) is 5.26 Å². The zero-order valence-corrected chi connectivity index (χ0v) is 20.3. The Labute approximate surface area is 195 Å². The Kier molecular flexibility index (Phi) is 5.81. The molecule has 32 heavy (non-hydrogen) atoms. The highest BCUT2D eigenvalue weighted by molar-refractivity contribution is 5.49. The van der Waals surface area contributed by atoms with Crippen LogP contribution in [0.15, 0.2) is 24.3 Å². The van der Waals surface area contributed by atoms with Gasteiger partial charge in [-0.15, -0.1) is 0 Å². The molecule has 0 amide bonds. The van der Waals surface area contributed by atoms with Crippen LogP contribution in [-0.4, -0.2) is 16.7 Å². The summed E-state index contributed by atoms with van der Waals surface area (Å²) in [6.07, 6.45) is 12.9. The van der Waals surface area contributed by atoms with Crippen molar-refractivity contribution >= 4 is 5.69 Å². The summed E-state index contributed by atoms with van der Waals surface area (Å²) in [5.74, 6) is 4.97. The summed E-state index contributed by atoms with van der Waals surface area (Å²) < 4.78 is 0. The lowest BCUT2D eigenvalue weighted by Crippen LogP contribution is -2.55. The summed E-state index contributed by atoms with van der Waals surface area (Å²) in [5.41, 5.74) is 1.83. The highest BCUT2D eigenvalue weighted by atomic mass is 16.3. The fourth-order valence-electron chi connectivity index (χ4n) is 9.18. The molecule has 1 unspecified atom stereocenters. The van der Waals surface area contributed by atoms with Gasteiger partial charge in [-0.25, -0.2) is 0 Å². The summed E-state index contributed by atoms with van der Waals surface area (Å²) in [6, 6.07) is 10.7. The van der Waals surface area contributed by atoms with E-state index >= 15 is 0 Å². The molecule has 4 saturated carbocycles. The van der Waals surface area contributed by atoms with E-state index in [2.05, 4.69) is 38.2 Å². The van der Waals surface area contributed by atoms with Crippen LogP contribution < -0.4 is 5.32 Å². The van der Waals surface area contributed by atoms with Gasteiger partial charge in [0.05, 0.1) is 17.2 Å². The minimum absolute atomic E-state index is 0.420. The number of aliphatic hydroxyl groups is 1. The number of rotatable bonds is 3. The number of hydrogen-bond acceptors (Lipinski definition) is 3. The third-order valence-corrected chi connectivity index (χ3v) is 10.5. The zero-order chi connectivity index (χ0) is 22.5. The molecule has 0 aliphatic heterocycles. The standard InChI is InChI=1S/C29H42N2O/c1-19(31-22-7-4-6-20(16-22)18-30)26-8-5-9-27-25-11-10-21-17-28(2,32)14-12-23(21)24(25)13-15-29(26,27)3/h4,6-7,16,19,21,23-27,31-32H,5,8-15,17H2,1-3H3/t19-,21+,23-,24?,25+,26+,27-,28+,29+/m0/s1. The SMILES string of the molecule is C[C@H](Nc1cccc(C#N)c1)[C@H]1CCC[C@H]2[C@@H]3CC[C@@H]4C[C@](C)(O)CC[C@@H]4C3CC[C@]12C. The lowest BCUT2D eigenvalue weighted by atomic mass is 9.44. The van der Waals surface area contributed by atoms with Gasteiger partial charge in [0.1, 0.15) is 0 Å². The van der Waals surface area contributed by atoms with Crippen molar-refractivity contribution in [2.45, 2.75) is 96.6 Å². The molecule has 4 fully saturated rings. The Balaban J connectivity index is 1.33. The smallest absolute Gasteiger partial charge is 0.0992 e. The first-order valence-electron chi connectivity index (χ1n) is 13.3. The number of nitrogens with zero attached hydrogens (tertiary/aromatic N) is 1. The van der Waals surface area contributed by atoms with E-state index in [1.807, 2.05) is 18.2 Å². The first kappa shape index (κ1) is 22.3.